The Labute approximate surface area is 105 Å². The quantitative estimate of drug-likeness (QED) is 0.639. The Morgan fingerprint density at radius 2 is 1.94 bits per heavy atom. The van der Waals surface area contributed by atoms with Crippen molar-refractivity contribution in [2.75, 3.05) is 29.5 Å². The second kappa shape index (κ2) is 4.71. The molecule has 2 N–H and O–H groups in total. The Bertz CT molecular complexity index is 473. The standard InChI is InChI=1S/C10H13FN2O4S/c11-9-7-8(13(14)15)1-2-10(9)12-3-5-18(16,17)6-4-12/h1-2,7,16-17H,3-6H2. The number of hydrogen-bond acceptors (Lipinski definition) is 5. The molecule has 1 aliphatic heterocycles. The fourth-order valence-electron chi connectivity index (χ4n) is 1.83. The second-order valence-electron chi connectivity index (χ2n) is 4.09. The highest BCUT2D eigenvalue weighted by Crippen LogP contribution is 2.41. The minimum absolute atomic E-state index is 0.198. The maximum Gasteiger partial charge on any atom is 0.272 e. The van der Waals surface area contributed by atoms with E-state index in [9.17, 15) is 23.6 Å². The van der Waals surface area contributed by atoms with Gasteiger partial charge in [-0.15, -0.1) is 0 Å². The van der Waals surface area contributed by atoms with Gasteiger partial charge >= 0.3 is 0 Å². The predicted molar refractivity (Wildman–Crippen MR) is 67.9 cm³/mol. The molecular weight excluding hydrogens is 263 g/mol. The summed E-state index contributed by atoms with van der Waals surface area (Å²) in [7, 11) is -2.53. The van der Waals surface area contributed by atoms with E-state index in [2.05, 4.69) is 0 Å². The van der Waals surface area contributed by atoms with Crippen molar-refractivity contribution >= 4 is 22.0 Å². The summed E-state index contributed by atoms with van der Waals surface area (Å²) in [5.41, 5.74) is -0.0342. The SMILES string of the molecule is O=[N+]([O-])c1ccc(N2CCS(O)(O)CC2)c(F)c1. The van der Waals surface area contributed by atoms with Gasteiger partial charge < -0.3 is 4.90 Å². The molecule has 1 aromatic carbocycles. The Hall–Kier alpha value is -1.38. The van der Waals surface area contributed by atoms with E-state index in [0.717, 1.165) is 6.07 Å². The molecule has 0 spiro atoms. The fraction of sp³-hybridized carbons (Fsp3) is 0.400. The number of rotatable bonds is 2. The molecule has 1 heterocycles. The van der Waals surface area contributed by atoms with Gasteiger partial charge in [0, 0.05) is 19.2 Å². The first-order chi connectivity index (χ1) is 8.39. The molecule has 0 radical (unpaired) electrons. The van der Waals surface area contributed by atoms with Crippen LogP contribution in [0.15, 0.2) is 18.2 Å². The number of nitro groups is 1. The van der Waals surface area contributed by atoms with Crippen LogP contribution in [0.25, 0.3) is 0 Å². The van der Waals surface area contributed by atoms with Crippen LogP contribution in [-0.2, 0) is 0 Å². The van der Waals surface area contributed by atoms with Gasteiger partial charge in [0.2, 0.25) is 0 Å². The number of non-ortho nitro benzene ring substituents is 1. The van der Waals surface area contributed by atoms with Crippen LogP contribution >= 0.6 is 10.6 Å². The van der Waals surface area contributed by atoms with Crippen molar-refractivity contribution in [2.45, 2.75) is 0 Å². The molecule has 1 saturated heterocycles. The molecule has 100 valence electrons. The zero-order valence-corrected chi connectivity index (χ0v) is 10.3. The maximum absolute atomic E-state index is 13.7. The maximum atomic E-state index is 13.7. The lowest BCUT2D eigenvalue weighted by Crippen LogP contribution is -2.38. The molecule has 0 amide bonds. The van der Waals surface area contributed by atoms with E-state index in [1.165, 1.54) is 12.1 Å². The van der Waals surface area contributed by atoms with Crippen molar-refractivity contribution in [3.8, 4) is 0 Å². The van der Waals surface area contributed by atoms with Gasteiger partial charge in [0.05, 0.1) is 28.2 Å². The normalized spacial score (nSPS) is 20.5. The third-order valence-corrected chi connectivity index (χ3v) is 4.53. The number of anilines is 1. The summed E-state index contributed by atoms with van der Waals surface area (Å²) in [6.45, 7) is 0.661. The summed E-state index contributed by atoms with van der Waals surface area (Å²) in [4.78, 5) is 11.5. The summed E-state index contributed by atoms with van der Waals surface area (Å²) in [5.74, 6) is -0.269. The zero-order chi connectivity index (χ0) is 13.3. The van der Waals surface area contributed by atoms with E-state index in [4.69, 9.17) is 0 Å². The van der Waals surface area contributed by atoms with Crippen LogP contribution in [0, 0.1) is 15.9 Å². The van der Waals surface area contributed by atoms with Crippen molar-refractivity contribution in [1.82, 2.24) is 0 Å². The molecule has 0 bridgehead atoms. The van der Waals surface area contributed by atoms with Gasteiger partial charge in [-0.1, -0.05) is 0 Å². The zero-order valence-electron chi connectivity index (χ0n) is 9.45. The first-order valence-electron chi connectivity index (χ1n) is 5.31. The van der Waals surface area contributed by atoms with Gasteiger partial charge in [-0.2, -0.15) is 10.6 Å². The van der Waals surface area contributed by atoms with Crippen LogP contribution < -0.4 is 4.90 Å². The average Bonchev–Trinajstić information content (AvgIpc) is 2.29. The summed E-state index contributed by atoms with van der Waals surface area (Å²) < 4.78 is 32.6. The first-order valence-corrected chi connectivity index (χ1v) is 7.20. The molecule has 0 atom stereocenters. The lowest BCUT2D eigenvalue weighted by atomic mass is 10.2. The molecule has 6 nitrogen and oxygen atoms in total. The molecule has 1 aliphatic rings. The second-order valence-corrected chi connectivity index (χ2v) is 6.51. The monoisotopic (exact) mass is 276 g/mol. The summed E-state index contributed by atoms with van der Waals surface area (Å²) in [6, 6.07) is 3.47. The number of benzene rings is 1. The van der Waals surface area contributed by atoms with Gasteiger partial charge in [-0.3, -0.25) is 19.2 Å². The summed E-state index contributed by atoms with van der Waals surface area (Å²) in [6.07, 6.45) is 0. The molecule has 0 aromatic heterocycles. The van der Waals surface area contributed by atoms with E-state index in [0.29, 0.717) is 13.1 Å². The molecule has 0 aliphatic carbocycles. The number of halogens is 1. The lowest BCUT2D eigenvalue weighted by Gasteiger charge is -2.41. The number of nitrogens with zero attached hydrogens (tertiary/aromatic N) is 2. The molecule has 0 saturated carbocycles. The third kappa shape index (κ3) is 2.71. The smallest absolute Gasteiger partial charge is 0.272 e. The van der Waals surface area contributed by atoms with Crippen molar-refractivity contribution in [3.05, 3.63) is 34.1 Å². The third-order valence-electron chi connectivity index (χ3n) is 2.86. The Morgan fingerprint density at radius 1 is 1.33 bits per heavy atom. The van der Waals surface area contributed by atoms with E-state index in [1.807, 2.05) is 0 Å². The molecular formula is C10H13FN2O4S. The van der Waals surface area contributed by atoms with Crippen molar-refractivity contribution in [3.63, 3.8) is 0 Å². The van der Waals surface area contributed by atoms with Crippen LogP contribution in [0.4, 0.5) is 15.8 Å². The number of nitro benzene ring substituents is 1. The lowest BCUT2D eigenvalue weighted by molar-refractivity contribution is -0.385. The molecule has 2 rings (SSSR count). The Balaban J connectivity index is 2.17. The van der Waals surface area contributed by atoms with Crippen molar-refractivity contribution in [1.29, 1.82) is 0 Å². The highest BCUT2D eigenvalue weighted by atomic mass is 32.3. The molecule has 8 heteroatoms. The van der Waals surface area contributed by atoms with Gasteiger partial charge in [0.15, 0.2) is 5.82 Å². The molecule has 0 unspecified atom stereocenters. The van der Waals surface area contributed by atoms with Gasteiger partial charge in [0.25, 0.3) is 5.69 Å². The average molecular weight is 276 g/mol. The predicted octanol–water partition coefficient (Wildman–Crippen LogP) is 2.30. The van der Waals surface area contributed by atoms with Crippen LogP contribution in [0.3, 0.4) is 0 Å². The number of hydrogen-bond donors (Lipinski definition) is 2. The van der Waals surface area contributed by atoms with Crippen molar-refractivity contribution < 1.29 is 18.4 Å². The topological polar surface area (TPSA) is 86.8 Å². The van der Waals surface area contributed by atoms with Gasteiger partial charge in [-0.25, -0.2) is 4.39 Å². The van der Waals surface area contributed by atoms with Gasteiger partial charge in [0.1, 0.15) is 0 Å². The van der Waals surface area contributed by atoms with E-state index < -0.39 is 21.3 Å². The van der Waals surface area contributed by atoms with Crippen LogP contribution in [0.1, 0.15) is 0 Å². The van der Waals surface area contributed by atoms with E-state index >= 15 is 0 Å². The first kappa shape index (κ1) is 13.1. The Morgan fingerprint density at radius 3 is 2.44 bits per heavy atom. The summed E-state index contributed by atoms with van der Waals surface area (Å²) in [5, 5.41) is 10.5. The molecule has 18 heavy (non-hydrogen) atoms. The minimum Gasteiger partial charge on any atom is -0.366 e. The highest BCUT2D eigenvalue weighted by molar-refractivity contribution is 8.24. The van der Waals surface area contributed by atoms with Crippen LogP contribution in [0.5, 0.6) is 0 Å². The fourth-order valence-corrected chi connectivity index (χ4v) is 3.06. The molecule has 1 fully saturated rings. The van der Waals surface area contributed by atoms with E-state index in [-0.39, 0.29) is 22.9 Å². The van der Waals surface area contributed by atoms with Crippen LogP contribution in [-0.4, -0.2) is 38.6 Å². The largest absolute Gasteiger partial charge is 0.366 e. The van der Waals surface area contributed by atoms with Gasteiger partial charge in [-0.05, 0) is 6.07 Å². The molecule has 1 aromatic rings. The highest BCUT2D eigenvalue weighted by Gasteiger charge is 2.24. The summed E-state index contributed by atoms with van der Waals surface area (Å²) >= 11 is 0. The Kier molecular flexibility index (Phi) is 3.42. The van der Waals surface area contributed by atoms with Crippen molar-refractivity contribution in [2.24, 2.45) is 0 Å². The van der Waals surface area contributed by atoms with E-state index in [1.54, 1.807) is 4.90 Å². The minimum atomic E-state index is -2.53. The van der Waals surface area contributed by atoms with Crippen LogP contribution in [0.2, 0.25) is 0 Å².